The number of hydrogen-bond donors (Lipinski definition) is 1. The van der Waals surface area contributed by atoms with E-state index >= 15 is 0 Å². The molecule has 1 amide bonds. The summed E-state index contributed by atoms with van der Waals surface area (Å²) in [5.41, 5.74) is 1.77. The first-order valence-electron chi connectivity index (χ1n) is 10.7. The van der Waals surface area contributed by atoms with E-state index in [9.17, 15) is 4.79 Å². The average molecular weight is 424 g/mol. The fraction of sp³-hybridized carbons (Fsp3) is 0.682. The molecule has 1 aliphatic carbocycles. The third-order valence-corrected chi connectivity index (χ3v) is 7.91. The zero-order valence-corrected chi connectivity index (χ0v) is 18.9. The van der Waals surface area contributed by atoms with E-state index in [1.807, 2.05) is 31.0 Å². The van der Waals surface area contributed by atoms with Gasteiger partial charge in [-0.25, -0.2) is 4.31 Å². The van der Waals surface area contributed by atoms with Crippen LogP contribution in [0.2, 0.25) is 5.02 Å². The highest BCUT2D eigenvalue weighted by Gasteiger charge is 2.39. The summed E-state index contributed by atoms with van der Waals surface area (Å²) in [6.07, 6.45) is 7.43. The van der Waals surface area contributed by atoms with E-state index < -0.39 is 0 Å². The number of rotatable bonds is 7. The Bertz CT molecular complexity index is 655. The summed E-state index contributed by atoms with van der Waals surface area (Å²) in [6, 6.07) is 5.57. The lowest BCUT2D eigenvalue weighted by molar-refractivity contribution is 0.0256. The van der Waals surface area contributed by atoms with Crippen LogP contribution in [0.4, 0.5) is 0 Å². The zero-order valence-electron chi connectivity index (χ0n) is 17.3. The van der Waals surface area contributed by atoms with E-state index in [0.717, 1.165) is 38.3 Å². The summed E-state index contributed by atoms with van der Waals surface area (Å²) in [4.78, 5) is 15.4. The predicted molar refractivity (Wildman–Crippen MR) is 120 cm³/mol. The van der Waals surface area contributed by atoms with E-state index in [2.05, 4.69) is 21.4 Å². The second-order valence-electron chi connectivity index (χ2n) is 8.18. The third-order valence-electron chi connectivity index (χ3n) is 6.18. The van der Waals surface area contributed by atoms with Crippen LogP contribution in [0, 0.1) is 6.92 Å². The standard InChI is InChI=1S/C22H34ClN3OS/c1-3-15-28-26-13-11-25(12-14-26)22(9-5-4-6-10-22)17-24-21(27)19-8-7-18(2)20(23)16-19/h7-8,16H,3-6,9-15,17H2,1-2H3,(H,24,27). The van der Waals surface area contributed by atoms with Crippen molar-refractivity contribution in [3.05, 3.63) is 34.3 Å². The van der Waals surface area contributed by atoms with Gasteiger partial charge in [0.25, 0.3) is 5.91 Å². The molecule has 1 saturated carbocycles. The first kappa shape index (κ1) is 21.9. The van der Waals surface area contributed by atoms with Gasteiger partial charge in [0.1, 0.15) is 0 Å². The Morgan fingerprint density at radius 3 is 2.54 bits per heavy atom. The van der Waals surface area contributed by atoms with Crippen LogP contribution in [0.15, 0.2) is 18.2 Å². The highest BCUT2D eigenvalue weighted by molar-refractivity contribution is 7.97. The number of amides is 1. The maximum absolute atomic E-state index is 12.7. The molecule has 2 aliphatic rings. The summed E-state index contributed by atoms with van der Waals surface area (Å²) in [6.45, 7) is 9.37. The van der Waals surface area contributed by atoms with Crippen molar-refractivity contribution >= 4 is 29.5 Å². The number of hydrogen-bond acceptors (Lipinski definition) is 4. The van der Waals surface area contributed by atoms with Gasteiger partial charge < -0.3 is 5.32 Å². The molecule has 1 saturated heterocycles. The number of benzene rings is 1. The van der Waals surface area contributed by atoms with Gasteiger partial charge in [-0.05, 0) is 43.9 Å². The SMILES string of the molecule is CCCSN1CCN(C2(CNC(=O)c3ccc(C)c(Cl)c3)CCCCC2)CC1. The van der Waals surface area contributed by atoms with Crippen LogP contribution in [-0.2, 0) is 0 Å². The predicted octanol–water partition coefficient (Wildman–Crippen LogP) is 4.76. The van der Waals surface area contributed by atoms with Gasteiger partial charge in [0.15, 0.2) is 0 Å². The van der Waals surface area contributed by atoms with E-state index in [1.54, 1.807) is 6.07 Å². The quantitative estimate of drug-likeness (QED) is 0.641. The largest absolute Gasteiger partial charge is 0.350 e. The maximum Gasteiger partial charge on any atom is 0.251 e. The molecule has 0 spiro atoms. The number of halogens is 1. The van der Waals surface area contributed by atoms with Gasteiger partial charge in [-0.1, -0.05) is 55.8 Å². The molecule has 4 nitrogen and oxygen atoms in total. The Kier molecular flexibility index (Phi) is 8.10. The lowest BCUT2D eigenvalue weighted by Gasteiger charge is -2.49. The van der Waals surface area contributed by atoms with E-state index in [1.165, 1.54) is 44.3 Å². The molecule has 0 bridgehead atoms. The molecule has 0 aromatic heterocycles. The molecule has 1 aliphatic heterocycles. The first-order valence-corrected chi connectivity index (χ1v) is 12.0. The van der Waals surface area contributed by atoms with Crippen molar-refractivity contribution in [2.24, 2.45) is 0 Å². The summed E-state index contributed by atoms with van der Waals surface area (Å²) < 4.78 is 2.52. The molecule has 0 unspecified atom stereocenters. The smallest absolute Gasteiger partial charge is 0.251 e. The van der Waals surface area contributed by atoms with E-state index in [-0.39, 0.29) is 11.4 Å². The maximum atomic E-state index is 12.7. The molecule has 6 heteroatoms. The minimum Gasteiger partial charge on any atom is -0.350 e. The van der Waals surface area contributed by atoms with Gasteiger partial charge >= 0.3 is 0 Å². The Balaban J connectivity index is 1.62. The lowest BCUT2D eigenvalue weighted by atomic mass is 9.79. The van der Waals surface area contributed by atoms with Crippen LogP contribution in [-0.4, -0.2) is 59.1 Å². The minimum absolute atomic E-state index is 0.0102. The molecule has 1 aromatic rings. The zero-order chi connectivity index (χ0) is 20.0. The first-order chi connectivity index (χ1) is 13.5. The van der Waals surface area contributed by atoms with Crippen molar-refractivity contribution < 1.29 is 4.79 Å². The molecular formula is C22H34ClN3OS. The van der Waals surface area contributed by atoms with Gasteiger partial charge in [-0.3, -0.25) is 9.69 Å². The second kappa shape index (κ2) is 10.3. The van der Waals surface area contributed by atoms with Crippen molar-refractivity contribution in [3.8, 4) is 0 Å². The number of nitrogens with one attached hydrogen (secondary N) is 1. The van der Waals surface area contributed by atoms with Crippen LogP contribution < -0.4 is 5.32 Å². The number of nitrogens with zero attached hydrogens (tertiary/aromatic N) is 2. The van der Waals surface area contributed by atoms with Crippen LogP contribution in [0.3, 0.4) is 0 Å². The summed E-state index contributed by atoms with van der Waals surface area (Å²) in [7, 11) is 0. The van der Waals surface area contributed by atoms with Crippen molar-refractivity contribution in [1.29, 1.82) is 0 Å². The molecule has 1 aromatic carbocycles. The molecule has 0 radical (unpaired) electrons. The normalized spacial score (nSPS) is 20.8. The molecule has 3 rings (SSSR count). The minimum atomic E-state index is -0.0102. The van der Waals surface area contributed by atoms with Crippen LogP contribution in [0.25, 0.3) is 0 Å². The van der Waals surface area contributed by atoms with Gasteiger partial charge in [-0.2, -0.15) is 0 Å². The Labute approximate surface area is 179 Å². The summed E-state index contributed by atoms with van der Waals surface area (Å²) in [5, 5.41) is 3.89. The monoisotopic (exact) mass is 423 g/mol. The lowest BCUT2D eigenvalue weighted by Crippen LogP contribution is -2.61. The van der Waals surface area contributed by atoms with Gasteiger partial charge in [-0.15, -0.1) is 0 Å². The van der Waals surface area contributed by atoms with E-state index in [4.69, 9.17) is 11.6 Å². The van der Waals surface area contributed by atoms with E-state index in [0.29, 0.717) is 10.6 Å². The van der Waals surface area contributed by atoms with Crippen molar-refractivity contribution in [3.63, 3.8) is 0 Å². The molecule has 1 N–H and O–H groups in total. The molecular weight excluding hydrogens is 390 g/mol. The highest BCUT2D eigenvalue weighted by atomic mass is 35.5. The molecule has 1 heterocycles. The average Bonchev–Trinajstić information content (AvgIpc) is 2.73. The molecule has 28 heavy (non-hydrogen) atoms. The third kappa shape index (κ3) is 5.44. The molecule has 2 fully saturated rings. The topological polar surface area (TPSA) is 35.6 Å². The van der Waals surface area contributed by atoms with Gasteiger partial charge in [0.2, 0.25) is 0 Å². The van der Waals surface area contributed by atoms with Crippen LogP contribution in [0.5, 0.6) is 0 Å². The van der Waals surface area contributed by atoms with Gasteiger partial charge in [0.05, 0.1) is 0 Å². The summed E-state index contributed by atoms with van der Waals surface area (Å²) in [5.74, 6) is 1.20. The number of aryl methyl sites for hydroxylation is 1. The second-order valence-corrected chi connectivity index (χ2v) is 9.77. The number of carbonyl (C=O) groups is 1. The van der Waals surface area contributed by atoms with Gasteiger partial charge in [0, 0.05) is 54.6 Å². The van der Waals surface area contributed by atoms with Crippen LogP contribution >= 0.6 is 23.5 Å². The Morgan fingerprint density at radius 1 is 1.18 bits per heavy atom. The Hall–Kier alpha value is -0.750. The number of carbonyl (C=O) groups excluding carboxylic acids is 1. The van der Waals surface area contributed by atoms with Crippen molar-refractivity contribution in [2.75, 3.05) is 38.5 Å². The fourth-order valence-corrected chi connectivity index (χ4v) is 5.45. The molecule has 156 valence electrons. The number of piperazine rings is 1. The summed E-state index contributed by atoms with van der Waals surface area (Å²) >= 11 is 8.20. The fourth-order valence-electron chi connectivity index (χ4n) is 4.41. The van der Waals surface area contributed by atoms with Crippen LogP contribution in [0.1, 0.15) is 61.4 Å². The highest BCUT2D eigenvalue weighted by Crippen LogP contribution is 2.34. The van der Waals surface area contributed by atoms with Crippen molar-refractivity contribution in [2.45, 2.75) is 57.9 Å². The molecule has 0 atom stereocenters. The Morgan fingerprint density at radius 2 is 1.89 bits per heavy atom. The van der Waals surface area contributed by atoms with Crippen molar-refractivity contribution in [1.82, 2.24) is 14.5 Å².